The molecule has 1 fully saturated rings. The number of hydrogen-bond acceptors (Lipinski definition) is 3. The van der Waals surface area contributed by atoms with Crippen molar-refractivity contribution in [3.63, 3.8) is 0 Å². The number of carbonyl (C=O) groups excluding carboxylic acids is 2. The molecule has 2 heterocycles. The highest BCUT2D eigenvalue weighted by Gasteiger charge is 2.28. The highest BCUT2D eigenvalue weighted by molar-refractivity contribution is 7.10. The maximum atomic E-state index is 12.4. The maximum absolute atomic E-state index is 12.4. The number of piperidine rings is 1. The van der Waals surface area contributed by atoms with Crippen molar-refractivity contribution in [2.75, 3.05) is 13.1 Å². The molecule has 0 bridgehead atoms. The van der Waals surface area contributed by atoms with Crippen LogP contribution in [0.4, 0.5) is 4.79 Å². The highest BCUT2D eigenvalue weighted by atomic mass is 32.1. The third kappa shape index (κ3) is 3.97. The van der Waals surface area contributed by atoms with Crippen LogP contribution in [0, 0.1) is 11.8 Å². The summed E-state index contributed by atoms with van der Waals surface area (Å²) >= 11 is 1.66. The van der Waals surface area contributed by atoms with Crippen LogP contribution in [0.2, 0.25) is 0 Å². The number of amides is 3. The van der Waals surface area contributed by atoms with Gasteiger partial charge < -0.3 is 16.0 Å². The minimum atomic E-state index is -0.256. The molecule has 5 nitrogen and oxygen atoms in total. The third-order valence-corrected chi connectivity index (χ3v) is 4.94. The van der Waals surface area contributed by atoms with Gasteiger partial charge in [0, 0.05) is 23.9 Å². The lowest BCUT2D eigenvalue weighted by molar-refractivity contribution is -0.123. The van der Waals surface area contributed by atoms with E-state index in [0.29, 0.717) is 31.8 Å². The number of likely N-dealkylation sites (tertiary alicyclic amines) is 1. The fourth-order valence-electron chi connectivity index (χ4n) is 2.63. The predicted molar refractivity (Wildman–Crippen MR) is 83.9 cm³/mol. The van der Waals surface area contributed by atoms with Gasteiger partial charge in [0.1, 0.15) is 0 Å². The number of primary amides is 1. The molecule has 6 heteroatoms. The summed E-state index contributed by atoms with van der Waals surface area (Å²) < 4.78 is 0. The summed E-state index contributed by atoms with van der Waals surface area (Å²) in [7, 11) is 0. The van der Waals surface area contributed by atoms with Gasteiger partial charge in [-0.3, -0.25) is 4.79 Å². The molecule has 3 N–H and O–H groups in total. The number of hydrogen-bond donors (Lipinski definition) is 2. The molecule has 21 heavy (non-hydrogen) atoms. The molecule has 1 atom stereocenters. The Morgan fingerprint density at radius 3 is 2.52 bits per heavy atom. The molecule has 1 aromatic heterocycles. The summed E-state index contributed by atoms with van der Waals surface area (Å²) in [6, 6.07) is 4.03. The van der Waals surface area contributed by atoms with Gasteiger partial charge in [0.25, 0.3) is 0 Å². The van der Waals surface area contributed by atoms with Crippen molar-refractivity contribution in [1.82, 2.24) is 10.2 Å². The first-order chi connectivity index (χ1) is 9.99. The number of carbonyl (C=O) groups is 2. The van der Waals surface area contributed by atoms with Crippen molar-refractivity contribution in [2.45, 2.75) is 32.7 Å². The molecule has 1 aromatic rings. The summed E-state index contributed by atoms with van der Waals surface area (Å²) in [5.74, 6) is -0.0169. The highest BCUT2D eigenvalue weighted by Crippen LogP contribution is 2.26. The van der Waals surface area contributed by atoms with Gasteiger partial charge in [0.2, 0.25) is 5.91 Å². The fraction of sp³-hybridized carbons (Fsp3) is 0.600. The Balaban J connectivity index is 1.93. The van der Waals surface area contributed by atoms with E-state index in [1.54, 1.807) is 16.2 Å². The fourth-order valence-corrected chi connectivity index (χ4v) is 3.58. The summed E-state index contributed by atoms with van der Waals surface area (Å²) in [6.45, 7) is 5.39. The van der Waals surface area contributed by atoms with Crippen LogP contribution >= 0.6 is 11.3 Å². The van der Waals surface area contributed by atoms with Crippen LogP contribution in [0.3, 0.4) is 0 Å². The van der Waals surface area contributed by atoms with Gasteiger partial charge >= 0.3 is 6.03 Å². The topological polar surface area (TPSA) is 75.4 Å². The first kappa shape index (κ1) is 15.8. The van der Waals surface area contributed by atoms with Crippen molar-refractivity contribution >= 4 is 23.3 Å². The summed E-state index contributed by atoms with van der Waals surface area (Å²) in [5.41, 5.74) is 5.32. The third-order valence-electron chi connectivity index (χ3n) is 3.98. The summed E-state index contributed by atoms with van der Waals surface area (Å²) in [4.78, 5) is 26.5. The molecule has 116 valence electrons. The normalized spacial score (nSPS) is 17.8. The maximum Gasteiger partial charge on any atom is 0.317 e. The SMILES string of the molecule is CC(C)[C@@H](NC(=O)N1CCC(C(N)=O)CC1)c1cccs1. The number of nitrogens with one attached hydrogen (secondary N) is 1. The zero-order valence-electron chi connectivity index (χ0n) is 12.5. The Morgan fingerprint density at radius 2 is 2.05 bits per heavy atom. The van der Waals surface area contributed by atoms with Gasteiger partial charge in [-0.25, -0.2) is 4.79 Å². The van der Waals surface area contributed by atoms with Crippen molar-refractivity contribution in [1.29, 1.82) is 0 Å². The lowest BCUT2D eigenvalue weighted by Crippen LogP contribution is -2.47. The predicted octanol–water partition coefficient (Wildman–Crippen LogP) is 2.35. The number of nitrogens with zero attached hydrogens (tertiary/aromatic N) is 1. The van der Waals surface area contributed by atoms with Gasteiger partial charge in [0.15, 0.2) is 0 Å². The standard InChI is InChI=1S/C15H23N3O2S/c1-10(2)13(12-4-3-9-21-12)17-15(20)18-7-5-11(6-8-18)14(16)19/h3-4,9-11,13H,5-8H2,1-2H3,(H2,16,19)(H,17,20)/t13-/m1/s1. The molecule has 1 aliphatic heterocycles. The van der Waals surface area contributed by atoms with E-state index < -0.39 is 0 Å². The second-order valence-electron chi connectivity index (χ2n) is 5.85. The molecule has 0 radical (unpaired) electrons. The van der Waals surface area contributed by atoms with E-state index in [1.165, 1.54) is 4.88 Å². The number of thiophene rings is 1. The van der Waals surface area contributed by atoms with E-state index in [4.69, 9.17) is 5.73 Å². The number of urea groups is 1. The van der Waals surface area contributed by atoms with Crippen molar-refractivity contribution in [3.8, 4) is 0 Å². The van der Waals surface area contributed by atoms with E-state index in [1.807, 2.05) is 11.4 Å². The van der Waals surface area contributed by atoms with Crippen molar-refractivity contribution in [2.24, 2.45) is 17.6 Å². The monoisotopic (exact) mass is 309 g/mol. The van der Waals surface area contributed by atoms with Gasteiger partial charge in [-0.15, -0.1) is 11.3 Å². The smallest absolute Gasteiger partial charge is 0.317 e. The molecule has 0 unspecified atom stereocenters. The first-order valence-electron chi connectivity index (χ1n) is 7.37. The average Bonchev–Trinajstić information content (AvgIpc) is 2.98. The minimum Gasteiger partial charge on any atom is -0.369 e. The molecule has 1 aliphatic rings. The van der Waals surface area contributed by atoms with Gasteiger partial charge in [-0.05, 0) is 30.2 Å². The molecule has 0 spiro atoms. The summed E-state index contributed by atoms with van der Waals surface area (Å²) in [5, 5.41) is 5.14. The minimum absolute atomic E-state index is 0.0337. The van der Waals surface area contributed by atoms with Crippen LogP contribution in [0.25, 0.3) is 0 Å². The molecular formula is C15H23N3O2S. The Morgan fingerprint density at radius 1 is 1.38 bits per heavy atom. The Bertz CT molecular complexity index is 479. The van der Waals surface area contributed by atoms with E-state index in [9.17, 15) is 9.59 Å². The molecular weight excluding hydrogens is 286 g/mol. The molecule has 0 aliphatic carbocycles. The zero-order chi connectivity index (χ0) is 15.4. The van der Waals surface area contributed by atoms with Crippen LogP contribution in [0.15, 0.2) is 17.5 Å². The van der Waals surface area contributed by atoms with Gasteiger partial charge in [-0.1, -0.05) is 19.9 Å². The van der Waals surface area contributed by atoms with Crippen LogP contribution in [0.5, 0.6) is 0 Å². The zero-order valence-corrected chi connectivity index (χ0v) is 13.4. The molecule has 1 saturated heterocycles. The van der Waals surface area contributed by atoms with E-state index >= 15 is 0 Å². The number of nitrogens with two attached hydrogens (primary N) is 1. The van der Waals surface area contributed by atoms with Crippen LogP contribution < -0.4 is 11.1 Å². The first-order valence-corrected chi connectivity index (χ1v) is 8.25. The molecule has 3 amide bonds. The van der Waals surface area contributed by atoms with E-state index in [-0.39, 0.29) is 23.9 Å². The molecule has 0 saturated carbocycles. The van der Waals surface area contributed by atoms with Crippen LogP contribution in [0.1, 0.15) is 37.6 Å². The van der Waals surface area contributed by atoms with Crippen molar-refractivity contribution in [3.05, 3.63) is 22.4 Å². The Hall–Kier alpha value is -1.56. The number of rotatable bonds is 4. The van der Waals surface area contributed by atoms with Crippen LogP contribution in [-0.4, -0.2) is 29.9 Å². The second kappa shape index (κ2) is 6.93. The Labute approximate surface area is 129 Å². The average molecular weight is 309 g/mol. The lowest BCUT2D eigenvalue weighted by atomic mass is 9.96. The van der Waals surface area contributed by atoms with Crippen molar-refractivity contribution < 1.29 is 9.59 Å². The van der Waals surface area contributed by atoms with Gasteiger partial charge in [-0.2, -0.15) is 0 Å². The van der Waals surface area contributed by atoms with Gasteiger partial charge in [0.05, 0.1) is 6.04 Å². The van der Waals surface area contributed by atoms with E-state index in [2.05, 4.69) is 25.2 Å². The van der Waals surface area contributed by atoms with Crippen LogP contribution in [-0.2, 0) is 4.79 Å². The lowest BCUT2D eigenvalue weighted by Gasteiger charge is -2.32. The quantitative estimate of drug-likeness (QED) is 0.896. The molecule has 0 aromatic carbocycles. The van der Waals surface area contributed by atoms with E-state index in [0.717, 1.165) is 0 Å². The second-order valence-corrected chi connectivity index (χ2v) is 6.83. The Kier molecular flexibility index (Phi) is 5.22. The summed E-state index contributed by atoms with van der Waals surface area (Å²) in [6.07, 6.45) is 1.32. The molecule has 2 rings (SSSR count). The largest absolute Gasteiger partial charge is 0.369 e.